The van der Waals surface area contributed by atoms with E-state index in [9.17, 15) is 0 Å². The molecule has 0 amide bonds. The second-order valence-electron chi connectivity index (χ2n) is 4.56. The molecule has 3 heteroatoms. The van der Waals surface area contributed by atoms with E-state index in [1.54, 1.807) is 0 Å². The van der Waals surface area contributed by atoms with E-state index in [-0.39, 0.29) is 0 Å². The lowest BCUT2D eigenvalue weighted by Crippen LogP contribution is -1.94. The first kappa shape index (κ1) is 13.1. The lowest BCUT2D eigenvalue weighted by Gasteiger charge is -2.06. The van der Waals surface area contributed by atoms with Crippen LogP contribution in [0.4, 0.5) is 0 Å². The number of halogens is 1. The number of para-hydroxylation sites is 1. The highest BCUT2D eigenvalue weighted by Crippen LogP contribution is 2.17. The topological polar surface area (TPSA) is 17.8 Å². The summed E-state index contributed by atoms with van der Waals surface area (Å²) in [6.45, 7) is 4.41. The Labute approximate surface area is 116 Å². The number of hydrogen-bond donors (Lipinski definition) is 0. The number of hydrogen-bond acceptors (Lipinski definition) is 1. The Morgan fingerprint density at radius 3 is 2.67 bits per heavy atom. The van der Waals surface area contributed by atoms with Gasteiger partial charge >= 0.3 is 0 Å². The van der Waals surface area contributed by atoms with Crippen LogP contribution in [0.3, 0.4) is 0 Å². The maximum absolute atomic E-state index is 4.39. The second kappa shape index (κ2) is 6.01. The molecule has 0 fully saturated rings. The zero-order valence-corrected chi connectivity index (χ0v) is 12.3. The standard InChI is InChI=1S/C15H17BrN2/c1-12(2)14(9-16)8-13-10-17-18(11-13)15-6-4-3-5-7-15/h3-8,10-12H,9H2,1-2H3. The molecule has 0 atom stereocenters. The summed E-state index contributed by atoms with van der Waals surface area (Å²) in [6, 6.07) is 10.1. The summed E-state index contributed by atoms with van der Waals surface area (Å²) in [5, 5.41) is 5.29. The quantitative estimate of drug-likeness (QED) is 0.770. The van der Waals surface area contributed by atoms with Crippen LogP contribution in [0, 0.1) is 5.92 Å². The predicted octanol–water partition coefficient (Wildman–Crippen LogP) is 4.31. The molecule has 2 nitrogen and oxygen atoms in total. The van der Waals surface area contributed by atoms with Gasteiger partial charge in [-0.05, 0) is 18.1 Å². The fraction of sp³-hybridized carbons (Fsp3) is 0.267. The van der Waals surface area contributed by atoms with Crippen LogP contribution in [0.2, 0.25) is 0 Å². The first-order chi connectivity index (χ1) is 8.70. The molecule has 2 aromatic rings. The first-order valence-corrected chi connectivity index (χ1v) is 7.19. The normalized spacial score (nSPS) is 12.1. The van der Waals surface area contributed by atoms with E-state index >= 15 is 0 Å². The van der Waals surface area contributed by atoms with Gasteiger partial charge in [0.2, 0.25) is 0 Å². The molecule has 94 valence electrons. The number of benzene rings is 1. The number of nitrogens with zero attached hydrogens (tertiary/aromatic N) is 2. The van der Waals surface area contributed by atoms with Gasteiger partial charge in [0.05, 0.1) is 11.9 Å². The summed E-state index contributed by atoms with van der Waals surface area (Å²) >= 11 is 3.53. The molecule has 0 unspecified atom stereocenters. The maximum Gasteiger partial charge on any atom is 0.0645 e. The van der Waals surface area contributed by atoms with Gasteiger partial charge in [-0.15, -0.1) is 0 Å². The van der Waals surface area contributed by atoms with Crippen LogP contribution in [0.1, 0.15) is 19.4 Å². The van der Waals surface area contributed by atoms with Gasteiger partial charge in [0.15, 0.2) is 0 Å². The largest absolute Gasteiger partial charge is 0.240 e. The SMILES string of the molecule is CC(C)C(=Cc1cnn(-c2ccccc2)c1)CBr. The van der Waals surface area contributed by atoms with Crippen molar-refractivity contribution in [1.29, 1.82) is 0 Å². The average Bonchev–Trinajstić information content (AvgIpc) is 2.85. The Balaban J connectivity index is 2.26. The molecular weight excluding hydrogens is 288 g/mol. The number of rotatable bonds is 4. The van der Waals surface area contributed by atoms with Crippen LogP contribution in [-0.4, -0.2) is 15.1 Å². The third kappa shape index (κ3) is 3.10. The molecule has 18 heavy (non-hydrogen) atoms. The zero-order chi connectivity index (χ0) is 13.0. The molecular formula is C15H17BrN2. The Hall–Kier alpha value is -1.35. The molecule has 2 rings (SSSR count). The Bertz CT molecular complexity index is 526. The minimum atomic E-state index is 0.546. The van der Waals surface area contributed by atoms with Crippen LogP contribution in [0.15, 0.2) is 48.3 Å². The van der Waals surface area contributed by atoms with Crippen LogP contribution in [0.25, 0.3) is 11.8 Å². The molecule has 0 spiro atoms. The number of aromatic nitrogens is 2. The Morgan fingerprint density at radius 1 is 1.33 bits per heavy atom. The summed E-state index contributed by atoms with van der Waals surface area (Å²) in [5.74, 6) is 0.546. The van der Waals surface area contributed by atoms with Crippen LogP contribution in [-0.2, 0) is 0 Å². The lowest BCUT2D eigenvalue weighted by atomic mass is 10.0. The minimum absolute atomic E-state index is 0.546. The van der Waals surface area contributed by atoms with Gasteiger partial charge in [-0.25, -0.2) is 4.68 Å². The van der Waals surface area contributed by atoms with E-state index in [1.807, 2.05) is 41.2 Å². The Morgan fingerprint density at radius 2 is 2.06 bits per heavy atom. The van der Waals surface area contributed by atoms with Crippen molar-refractivity contribution in [3.05, 3.63) is 53.9 Å². The minimum Gasteiger partial charge on any atom is -0.240 e. The summed E-state index contributed by atoms with van der Waals surface area (Å²) in [5.41, 5.74) is 3.60. The van der Waals surface area contributed by atoms with Gasteiger partial charge in [0.1, 0.15) is 0 Å². The number of alkyl halides is 1. The van der Waals surface area contributed by atoms with Gasteiger partial charge < -0.3 is 0 Å². The molecule has 0 N–H and O–H groups in total. The molecule has 0 aliphatic heterocycles. The second-order valence-corrected chi connectivity index (χ2v) is 5.12. The highest BCUT2D eigenvalue weighted by Gasteiger charge is 2.03. The summed E-state index contributed by atoms with van der Waals surface area (Å²) in [7, 11) is 0. The highest BCUT2D eigenvalue weighted by molar-refractivity contribution is 9.09. The van der Waals surface area contributed by atoms with Crippen molar-refractivity contribution in [2.75, 3.05) is 5.33 Å². The van der Waals surface area contributed by atoms with Gasteiger partial charge in [-0.1, -0.05) is 59.6 Å². The first-order valence-electron chi connectivity index (χ1n) is 6.07. The maximum atomic E-state index is 4.39. The average molecular weight is 305 g/mol. The summed E-state index contributed by atoms with van der Waals surface area (Å²) < 4.78 is 1.90. The van der Waals surface area contributed by atoms with Crippen LogP contribution in [0.5, 0.6) is 0 Å². The van der Waals surface area contributed by atoms with Crippen molar-refractivity contribution in [3.8, 4) is 5.69 Å². The smallest absolute Gasteiger partial charge is 0.0645 e. The van der Waals surface area contributed by atoms with E-state index in [1.165, 1.54) is 5.57 Å². The van der Waals surface area contributed by atoms with E-state index in [0.717, 1.165) is 16.6 Å². The van der Waals surface area contributed by atoms with Crippen molar-refractivity contribution in [1.82, 2.24) is 9.78 Å². The molecule has 0 aliphatic carbocycles. The molecule has 1 aromatic heterocycles. The van der Waals surface area contributed by atoms with Gasteiger partial charge in [-0.3, -0.25) is 0 Å². The van der Waals surface area contributed by atoms with Crippen molar-refractivity contribution in [2.24, 2.45) is 5.92 Å². The molecule has 0 saturated heterocycles. The fourth-order valence-electron chi connectivity index (χ4n) is 1.71. The van der Waals surface area contributed by atoms with E-state index in [4.69, 9.17) is 0 Å². The molecule has 0 bridgehead atoms. The third-order valence-corrected chi connectivity index (χ3v) is 3.52. The van der Waals surface area contributed by atoms with Gasteiger partial charge in [-0.2, -0.15) is 5.10 Å². The molecule has 0 aliphatic rings. The fourth-order valence-corrected chi connectivity index (χ4v) is 2.52. The molecule has 1 aromatic carbocycles. The summed E-state index contributed by atoms with van der Waals surface area (Å²) in [6.07, 6.45) is 6.16. The van der Waals surface area contributed by atoms with E-state index in [0.29, 0.717) is 5.92 Å². The van der Waals surface area contributed by atoms with Crippen molar-refractivity contribution in [2.45, 2.75) is 13.8 Å². The van der Waals surface area contributed by atoms with E-state index in [2.05, 4.69) is 47.1 Å². The third-order valence-electron chi connectivity index (χ3n) is 2.87. The number of allylic oxidation sites excluding steroid dienone is 1. The van der Waals surface area contributed by atoms with Crippen molar-refractivity contribution < 1.29 is 0 Å². The highest BCUT2D eigenvalue weighted by atomic mass is 79.9. The zero-order valence-electron chi connectivity index (χ0n) is 10.7. The summed E-state index contributed by atoms with van der Waals surface area (Å²) in [4.78, 5) is 0. The van der Waals surface area contributed by atoms with Gasteiger partial charge in [0.25, 0.3) is 0 Å². The molecule has 0 radical (unpaired) electrons. The Kier molecular flexibility index (Phi) is 4.37. The van der Waals surface area contributed by atoms with Crippen LogP contribution < -0.4 is 0 Å². The van der Waals surface area contributed by atoms with E-state index < -0.39 is 0 Å². The monoisotopic (exact) mass is 304 g/mol. The van der Waals surface area contributed by atoms with Crippen molar-refractivity contribution >= 4 is 22.0 Å². The lowest BCUT2D eigenvalue weighted by molar-refractivity contribution is 0.781. The molecule has 1 heterocycles. The van der Waals surface area contributed by atoms with Crippen LogP contribution >= 0.6 is 15.9 Å². The van der Waals surface area contributed by atoms with Crippen molar-refractivity contribution in [3.63, 3.8) is 0 Å². The molecule has 0 saturated carbocycles. The van der Waals surface area contributed by atoms with Gasteiger partial charge in [0, 0.05) is 17.1 Å². The predicted molar refractivity (Wildman–Crippen MR) is 80.2 cm³/mol.